The zero-order valence-electron chi connectivity index (χ0n) is 14.0. The van der Waals surface area contributed by atoms with E-state index in [2.05, 4.69) is 5.32 Å². The highest BCUT2D eigenvalue weighted by atomic mass is 16.5. The lowest BCUT2D eigenvalue weighted by Crippen LogP contribution is -2.35. The summed E-state index contributed by atoms with van der Waals surface area (Å²) >= 11 is 0. The fourth-order valence-corrected chi connectivity index (χ4v) is 2.36. The highest BCUT2D eigenvalue weighted by Crippen LogP contribution is 2.18. The van der Waals surface area contributed by atoms with Gasteiger partial charge in [0, 0.05) is 6.54 Å². The van der Waals surface area contributed by atoms with Crippen molar-refractivity contribution in [3.8, 4) is 0 Å². The Morgan fingerprint density at radius 3 is 2.38 bits per heavy atom. The Morgan fingerprint density at radius 2 is 1.69 bits per heavy atom. The Bertz CT molecular complexity index is 734. The highest BCUT2D eigenvalue weighted by Gasteiger charge is 2.20. The van der Waals surface area contributed by atoms with Crippen molar-refractivity contribution in [2.24, 2.45) is 0 Å². The van der Waals surface area contributed by atoms with Crippen LogP contribution in [0.3, 0.4) is 0 Å². The standard InChI is InChI=1S/C19H21NO6/c21-16(11-20-19(25)26-12-13-5-2-1-3-6-13)18(24)15-8-4-7-14(9-15)10-17(22)23/h1-9,16,18,21,24H,10-12H2,(H,20,25)(H,22,23). The second-order valence-corrected chi connectivity index (χ2v) is 5.77. The number of rotatable bonds is 8. The van der Waals surface area contributed by atoms with Crippen molar-refractivity contribution < 1.29 is 29.6 Å². The molecular formula is C19H21NO6. The SMILES string of the molecule is O=C(O)Cc1cccc(C(O)C(O)CNC(=O)OCc2ccccc2)c1. The van der Waals surface area contributed by atoms with E-state index in [1.165, 1.54) is 6.07 Å². The van der Waals surface area contributed by atoms with E-state index in [0.29, 0.717) is 11.1 Å². The second kappa shape index (κ2) is 9.55. The average molecular weight is 359 g/mol. The first-order chi connectivity index (χ1) is 12.5. The summed E-state index contributed by atoms with van der Waals surface area (Å²) in [5, 5.41) is 31.4. The van der Waals surface area contributed by atoms with Gasteiger partial charge in [0.05, 0.1) is 6.42 Å². The maximum atomic E-state index is 11.7. The van der Waals surface area contributed by atoms with Crippen molar-refractivity contribution in [1.29, 1.82) is 0 Å². The summed E-state index contributed by atoms with van der Waals surface area (Å²) < 4.78 is 5.02. The number of aliphatic hydroxyl groups is 2. The number of hydrogen-bond donors (Lipinski definition) is 4. The lowest BCUT2D eigenvalue weighted by molar-refractivity contribution is -0.136. The minimum Gasteiger partial charge on any atom is -0.481 e. The van der Waals surface area contributed by atoms with Crippen molar-refractivity contribution in [2.75, 3.05) is 6.54 Å². The fourth-order valence-electron chi connectivity index (χ4n) is 2.36. The number of aliphatic carboxylic acids is 1. The van der Waals surface area contributed by atoms with E-state index in [1.807, 2.05) is 30.3 Å². The van der Waals surface area contributed by atoms with Gasteiger partial charge in [-0.05, 0) is 16.7 Å². The summed E-state index contributed by atoms with van der Waals surface area (Å²) in [7, 11) is 0. The first-order valence-corrected chi connectivity index (χ1v) is 8.07. The van der Waals surface area contributed by atoms with Crippen molar-refractivity contribution >= 4 is 12.1 Å². The van der Waals surface area contributed by atoms with Crippen LogP contribution in [0.5, 0.6) is 0 Å². The highest BCUT2D eigenvalue weighted by molar-refractivity contribution is 5.70. The summed E-state index contributed by atoms with van der Waals surface area (Å²) in [5.41, 5.74) is 1.71. The van der Waals surface area contributed by atoms with E-state index in [1.54, 1.807) is 18.2 Å². The van der Waals surface area contributed by atoms with Crippen LogP contribution in [-0.4, -0.2) is 40.0 Å². The third-order valence-electron chi connectivity index (χ3n) is 3.68. The molecule has 7 nitrogen and oxygen atoms in total. The van der Waals surface area contributed by atoms with E-state index < -0.39 is 24.3 Å². The van der Waals surface area contributed by atoms with Crippen LogP contribution in [-0.2, 0) is 22.6 Å². The molecule has 0 aliphatic rings. The Hall–Kier alpha value is -2.90. The molecule has 26 heavy (non-hydrogen) atoms. The quantitative estimate of drug-likeness (QED) is 0.569. The molecule has 0 bridgehead atoms. The van der Waals surface area contributed by atoms with Crippen LogP contribution in [0.1, 0.15) is 22.8 Å². The summed E-state index contributed by atoms with van der Waals surface area (Å²) in [6.07, 6.45) is -3.42. The van der Waals surface area contributed by atoms with Gasteiger partial charge in [0.2, 0.25) is 0 Å². The maximum Gasteiger partial charge on any atom is 0.407 e. The van der Waals surface area contributed by atoms with Gasteiger partial charge >= 0.3 is 12.1 Å². The van der Waals surface area contributed by atoms with Crippen molar-refractivity contribution in [3.63, 3.8) is 0 Å². The number of carbonyl (C=O) groups is 2. The summed E-state index contributed by atoms with van der Waals surface area (Å²) in [4.78, 5) is 22.4. The number of carbonyl (C=O) groups excluding carboxylic acids is 1. The third kappa shape index (κ3) is 6.19. The number of amides is 1. The molecule has 0 aromatic heterocycles. The lowest BCUT2D eigenvalue weighted by Gasteiger charge is -2.19. The topological polar surface area (TPSA) is 116 Å². The molecule has 0 radical (unpaired) electrons. The molecule has 2 unspecified atom stereocenters. The maximum absolute atomic E-state index is 11.7. The summed E-state index contributed by atoms with van der Waals surface area (Å²) in [6, 6.07) is 15.5. The van der Waals surface area contributed by atoms with E-state index in [4.69, 9.17) is 9.84 Å². The average Bonchev–Trinajstić information content (AvgIpc) is 2.64. The third-order valence-corrected chi connectivity index (χ3v) is 3.68. The van der Waals surface area contributed by atoms with Gasteiger partial charge in [-0.3, -0.25) is 4.79 Å². The normalized spacial score (nSPS) is 12.8. The molecular weight excluding hydrogens is 338 g/mol. The zero-order valence-corrected chi connectivity index (χ0v) is 14.0. The number of carboxylic acids is 1. The number of aliphatic hydroxyl groups excluding tert-OH is 2. The van der Waals surface area contributed by atoms with Crippen LogP contribution in [0.25, 0.3) is 0 Å². The molecule has 2 rings (SSSR count). The van der Waals surface area contributed by atoms with Gasteiger partial charge in [-0.25, -0.2) is 4.79 Å². The molecule has 0 spiro atoms. The lowest BCUT2D eigenvalue weighted by atomic mass is 10.0. The molecule has 0 aliphatic carbocycles. The molecule has 2 aromatic rings. The first kappa shape index (κ1) is 19.4. The van der Waals surface area contributed by atoms with Gasteiger partial charge < -0.3 is 25.4 Å². The minimum atomic E-state index is -1.27. The van der Waals surface area contributed by atoms with Crippen molar-refractivity contribution in [1.82, 2.24) is 5.32 Å². The smallest absolute Gasteiger partial charge is 0.407 e. The first-order valence-electron chi connectivity index (χ1n) is 8.07. The largest absolute Gasteiger partial charge is 0.481 e. The van der Waals surface area contributed by atoms with E-state index in [9.17, 15) is 19.8 Å². The van der Waals surface area contributed by atoms with Crippen LogP contribution < -0.4 is 5.32 Å². The molecule has 138 valence electrons. The second-order valence-electron chi connectivity index (χ2n) is 5.77. The van der Waals surface area contributed by atoms with Crippen LogP contribution in [0.15, 0.2) is 54.6 Å². The fraction of sp³-hybridized carbons (Fsp3) is 0.263. The van der Waals surface area contributed by atoms with Crippen molar-refractivity contribution in [3.05, 3.63) is 71.3 Å². The van der Waals surface area contributed by atoms with Gasteiger partial charge in [0.25, 0.3) is 0 Å². The predicted molar refractivity (Wildman–Crippen MR) is 93.4 cm³/mol. The van der Waals surface area contributed by atoms with E-state index in [0.717, 1.165) is 5.56 Å². The summed E-state index contributed by atoms with van der Waals surface area (Å²) in [6.45, 7) is -0.111. The Balaban J connectivity index is 1.82. The minimum absolute atomic E-state index is 0.0998. The van der Waals surface area contributed by atoms with Crippen LogP contribution in [0, 0.1) is 0 Å². The predicted octanol–water partition coefficient (Wildman–Crippen LogP) is 1.63. The molecule has 0 saturated carbocycles. The monoisotopic (exact) mass is 359 g/mol. The van der Waals surface area contributed by atoms with Crippen LogP contribution in [0.2, 0.25) is 0 Å². The molecule has 1 amide bonds. The molecule has 0 heterocycles. The Morgan fingerprint density at radius 1 is 1.00 bits per heavy atom. The van der Waals surface area contributed by atoms with Gasteiger partial charge in [0.15, 0.2) is 0 Å². The summed E-state index contributed by atoms with van der Waals surface area (Å²) in [5.74, 6) is -0.986. The molecule has 7 heteroatoms. The molecule has 2 atom stereocenters. The zero-order chi connectivity index (χ0) is 18.9. The van der Waals surface area contributed by atoms with Gasteiger partial charge in [-0.1, -0.05) is 54.6 Å². The van der Waals surface area contributed by atoms with Gasteiger partial charge in [-0.15, -0.1) is 0 Å². The van der Waals surface area contributed by atoms with Crippen LogP contribution >= 0.6 is 0 Å². The van der Waals surface area contributed by atoms with Crippen LogP contribution in [0.4, 0.5) is 4.79 Å². The van der Waals surface area contributed by atoms with Crippen molar-refractivity contribution in [2.45, 2.75) is 25.2 Å². The van der Waals surface area contributed by atoms with Gasteiger partial charge in [-0.2, -0.15) is 0 Å². The number of carboxylic acid groups (broad SMARTS) is 1. The number of nitrogens with one attached hydrogen (secondary N) is 1. The molecule has 0 aliphatic heterocycles. The molecule has 4 N–H and O–H groups in total. The molecule has 0 saturated heterocycles. The van der Waals surface area contributed by atoms with E-state index >= 15 is 0 Å². The number of alkyl carbamates (subject to hydrolysis) is 1. The Labute approximate surface area is 150 Å². The molecule has 0 fully saturated rings. The number of benzene rings is 2. The number of ether oxygens (including phenoxy) is 1. The number of hydrogen-bond acceptors (Lipinski definition) is 5. The molecule has 2 aromatic carbocycles. The Kier molecular flexibility index (Phi) is 7.13. The van der Waals surface area contributed by atoms with E-state index in [-0.39, 0.29) is 19.6 Å². The van der Waals surface area contributed by atoms with Gasteiger partial charge in [0.1, 0.15) is 18.8 Å².